The lowest BCUT2D eigenvalue weighted by atomic mass is 10.1. The van der Waals surface area contributed by atoms with Gasteiger partial charge in [-0.1, -0.05) is 12.1 Å². The zero-order chi connectivity index (χ0) is 11.9. The van der Waals surface area contributed by atoms with Crippen LogP contribution in [-0.2, 0) is 5.41 Å². The molecular formula is C11H17N3OS2. The van der Waals surface area contributed by atoms with E-state index in [-0.39, 0.29) is 5.41 Å². The fourth-order valence-electron chi connectivity index (χ4n) is 2.14. The standard InChI is InChI=1S/C11H17N3OS2/c1-7-8(17-5-4-16-7)9-13-10(15-14-9)11(6-12)2-3-11/h7-8H,2-6,12H2,1H3. The average Bonchev–Trinajstić information content (AvgIpc) is 3.00. The van der Waals surface area contributed by atoms with Gasteiger partial charge >= 0.3 is 0 Å². The van der Waals surface area contributed by atoms with Gasteiger partial charge in [0.05, 0.1) is 10.7 Å². The van der Waals surface area contributed by atoms with Crippen LogP contribution in [0.2, 0.25) is 0 Å². The number of thioether (sulfide) groups is 2. The van der Waals surface area contributed by atoms with E-state index in [1.54, 1.807) is 0 Å². The van der Waals surface area contributed by atoms with E-state index in [9.17, 15) is 0 Å². The topological polar surface area (TPSA) is 64.9 Å². The molecular weight excluding hydrogens is 254 g/mol. The Morgan fingerprint density at radius 2 is 2.18 bits per heavy atom. The van der Waals surface area contributed by atoms with Gasteiger partial charge in [-0.3, -0.25) is 0 Å². The molecule has 0 spiro atoms. The molecule has 2 fully saturated rings. The van der Waals surface area contributed by atoms with Gasteiger partial charge < -0.3 is 10.3 Å². The van der Waals surface area contributed by atoms with E-state index in [1.165, 1.54) is 11.5 Å². The third-order valence-corrected chi connectivity index (χ3v) is 6.67. The van der Waals surface area contributed by atoms with E-state index >= 15 is 0 Å². The van der Waals surface area contributed by atoms with Crippen molar-refractivity contribution in [1.29, 1.82) is 0 Å². The maximum atomic E-state index is 5.78. The second kappa shape index (κ2) is 4.48. The second-order valence-electron chi connectivity index (χ2n) is 4.81. The molecule has 0 radical (unpaired) electrons. The first-order valence-electron chi connectivity index (χ1n) is 6.02. The predicted molar refractivity (Wildman–Crippen MR) is 71.4 cm³/mol. The summed E-state index contributed by atoms with van der Waals surface area (Å²) >= 11 is 3.93. The molecule has 0 aromatic carbocycles. The van der Waals surface area contributed by atoms with Crippen LogP contribution in [0, 0.1) is 0 Å². The zero-order valence-electron chi connectivity index (χ0n) is 9.89. The van der Waals surface area contributed by atoms with Crippen LogP contribution in [-0.4, -0.2) is 33.4 Å². The summed E-state index contributed by atoms with van der Waals surface area (Å²) in [6.45, 7) is 2.87. The summed E-state index contributed by atoms with van der Waals surface area (Å²) in [5.74, 6) is 4.02. The summed E-state index contributed by atoms with van der Waals surface area (Å²) in [6.07, 6.45) is 2.18. The van der Waals surface area contributed by atoms with Gasteiger partial charge in [-0.25, -0.2) is 0 Å². The van der Waals surface area contributed by atoms with Crippen LogP contribution >= 0.6 is 23.5 Å². The van der Waals surface area contributed by atoms with Crippen molar-refractivity contribution in [1.82, 2.24) is 10.1 Å². The molecule has 1 aliphatic carbocycles. The molecule has 1 saturated carbocycles. The molecule has 2 heterocycles. The Morgan fingerprint density at radius 3 is 2.82 bits per heavy atom. The number of hydrogen-bond acceptors (Lipinski definition) is 6. The third-order valence-electron chi connectivity index (χ3n) is 3.58. The fraction of sp³-hybridized carbons (Fsp3) is 0.818. The van der Waals surface area contributed by atoms with E-state index in [0.29, 0.717) is 17.0 Å². The molecule has 2 unspecified atom stereocenters. The quantitative estimate of drug-likeness (QED) is 0.906. The van der Waals surface area contributed by atoms with E-state index in [0.717, 1.165) is 24.6 Å². The van der Waals surface area contributed by atoms with Gasteiger partial charge in [-0.2, -0.15) is 16.7 Å². The van der Waals surface area contributed by atoms with Crippen molar-refractivity contribution in [3.63, 3.8) is 0 Å². The molecule has 4 nitrogen and oxygen atoms in total. The van der Waals surface area contributed by atoms with Gasteiger partial charge in [0.2, 0.25) is 5.89 Å². The number of nitrogens with zero attached hydrogens (tertiary/aromatic N) is 2. The molecule has 6 heteroatoms. The van der Waals surface area contributed by atoms with Crippen molar-refractivity contribution in [2.45, 2.75) is 35.7 Å². The average molecular weight is 271 g/mol. The Labute approximate surface area is 109 Å². The van der Waals surface area contributed by atoms with Gasteiger partial charge in [-0.05, 0) is 12.8 Å². The molecule has 2 aliphatic rings. The minimum Gasteiger partial charge on any atom is -0.339 e. The summed E-state index contributed by atoms with van der Waals surface area (Å²) in [7, 11) is 0. The fourth-order valence-corrected chi connectivity index (χ4v) is 4.82. The molecule has 94 valence electrons. The van der Waals surface area contributed by atoms with Crippen LogP contribution in [0.1, 0.15) is 36.7 Å². The summed E-state index contributed by atoms with van der Waals surface area (Å²) in [6, 6.07) is 0. The number of aromatic nitrogens is 2. The predicted octanol–water partition coefficient (Wildman–Crippen LogP) is 1.97. The molecule has 1 aromatic heterocycles. The number of hydrogen-bond donors (Lipinski definition) is 1. The third kappa shape index (κ3) is 2.11. The normalized spacial score (nSPS) is 31.4. The van der Waals surface area contributed by atoms with Crippen LogP contribution in [0.25, 0.3) is 0 Å². The van der Waals surface area contributed by atoms with Crippen molar-refractivity contribution in [2.75, 3.05) is 18.1 Å². The summed E-state index contributed by atoms with van der Waals surface area (Å²) in [5, 5.41) is 5.11. The number of nitrogens with two attached hydrogens (primary N) is 1. The van der Waals surface area contributed by atoms with E-state index in [4.69, 9.17) is 10.3 Å². The van der Waals surface area contributed by atoms with Crippen molar-refractivity contribution in [3.8, 4) is 0 Å². The first-order valence-corrected chi connectivity index (χ1v) is 8.12. The molecule has 1 aromatic rings. The summed E-state index contributed by atoms with van der Waals surface area (Å²) in [5.41, 5.74) is 5.79. The lowest BCUT2D eigenvalue weighted by Gasteiger charge is -2.24. The summed E-state index contributed by atoms with van der Waals surface area (Å²) < 4.78 is 5.42. The molecule has 3 rings (SSSR count). The smallest absolute Gasteiger partial charge is 0.234 e. The van der Waals surface area contributed by atoms with Gasteiger partial charge in [0.25, 0.3) is 0 Å². The number of rotatable bonds is 3. The van der Waals surface area contributed by atoms with Crippen molar-refractivity contribution in [2.24, 2.45) is 5.73 Å². The highest BCUT2D eigenvalue weighted by atomic mass is 32.2. The first-order chi connectivity index (χ1) is 8.25. The minimum absolute atomic E-state index is 0.0148. The van der Waals surface area contributed by atoms with Crippen LogP contribution in [0.15, 0.2) is 4.52 Å². The van der Waals surface area contributed by atoms with E-state index in [1.807, 2.05) is 23.5 Å². The molecule has 2 N–H and O–H groups in total. The van der Waals surface area contributed by atoms with Crippen molar-refractivity contribution >= 4 is 23.5 Å². The lowest BCUT2D eigenvalue weighted by molar-refractivity contribution is 0.343. The molecule has 2 atom stereocenters. The molecule has 0 bridgehead atoms. The van der Waals surface area contributed by atoms with Gasteiger partial charge in [0.15, 0.2) is 5.82 Å². The van der Waals surface area contributed by atoms with E-state index in [2.05, 4.69) is 17.1 Å². The SMILES string of the molecule is CC1SCCSC1c1noc(C2(CN)CC2)n1. The highest BCUT2D eigenvalue weighted by Gasteiger charge is 2.48. The minimum atomic E-state index is 0.0148. The second-order valence-corrected chi connectivity index (χ2v) is 7.54. The molecule has 1 aliphatic heterocycles. The van der Waals surface area contributed by atoms with Gasteiger partial charge in [-0.15, -0.1) is 11.8 Å². The molecule has 1 saturated heterocycles. The maximum absolute atomic E-state index is 5.78. The highest BCUT2D eigenvalue weighted by molar-refractivity contribution is 8.06. The largest absolute Gasteiger partial charge is 0.339 e. The van der Waals surface area contributed by atoms with E-state index < -0.39 is 0 Å². The molecule has 17 heavy (non-hydrogen) atoms. The molecule has 0 amide bonds. The Bertz CT molecular complexity index is 405. The van der Waals surface area contributed by atoms with Crippen LogP contribution in [0.3, 0.4) is 0 Å². The highest BCUT2D eigenvalue weighted by Crippen LogP contribution is 2.47. The van der Waals surface area contributed by atoms with Gasteiger partial charge in [0.1, 0.15) is 0 Å². The van der Waals surface area contributed by atoms with Crippen LogP contribution in [0.5, 0.6) is 0 Å². The summed E-state index contributed by atoms with van der Waals surface area (Å²) in [4.78, 5) is 4.60. The van der Waals surface area contributed by atoms with Crippen molar-refractivity contribution < 1.29 is 4.52 Å². The maximum Gasteiger partial charge on any atom is 0.234 e. The van der Waals surface area contributed by atoms with Crippen LogP contribution in [0.4, 0.5) is 0 Å². The van der Waals surface area contributed by atoms with Gasteiger partial charge in [0, 0.05) is 23.3 Å². The Balaban J connectivity index is 1.80. The zero-order valence-corrected chi connectivity index (χ0v) is 11.5. The Kier molecular flexibility index (Phi) is 3.13. The first kappa shape index (κ1) is 11.9. The monoisotopic (exact) mass is 271 g/mol. The van der Waals surface area contributed by atoms with Crippen LogP contribution < -0.4 is 5.73 Å². The lowest BCUT2D eigenvalue weighted by Crippen LogP contribution is -2.21. The Morgan fingerprint density at radius 1 is 1.41 bits per heavy atom. The van der Waals surface area contributed by atoms with Crippen molar-refractivity contribution in [3.05, 3.63) is 11.7 Å². The Hall–Kier alpha value is -0.200.